The molecule has 72 valence electrons. The minimum Gasteiger partial charge on any atom is -0.292 e. The third-order valence-corrected chi connectivity index (χ3v) is 0.932. The van der Waals surface area contributed by atoms with Crippen molar-refractivity contribution in [3.63, 3.8) is 0 Å². The van der Waals surface area contributed by atoms with Crippen LogP contribution in [0.4, 0.5) is 13.2 Å². The van der Waals surface area contributed by atoms with Crippen LogP contribution in [-0.2, 0) is 4.84 Å². The average molecular weight is 183 g/mol. The van der Waals surface area contributed by atoms with Crippen LogP contribution in [0.3, 0.4) is 0 Å². The van der Waals surface area contributed by atoms with Gasteiger partial charge in [-0.2, -0.15) is 18.7 Å². The molecule has 0 bridgehead atoms. The standard InChI is InChI=1S/C7H12F3NO/c1-6(2)3-4-11-12-5-7(8,9)10/h3,11H,4-5H2,1-2H3. The number of hydroxylamine groups is 1. The molecule has 0 aliphatic rings. The van der Waals surface area contributed by atoms with Crippen LogP contribution < -0.4 is 5.48 Å². The Morgan fingerprint density at radius 3 is 2.42 bits per heavy atom. The van der Waals surface area contributed by atoms with Gasteiger partial charge in [0.15, 0.2) is 6.61 Å². The third-order valence-electron chi connectivity index (χ3n) is 0.932. The molecule has 0 saturated heterocycles. The summed E-state index contributed by atoms with van der Waals surface area (Å²) < 4.78 is 34.4. The van der Waals surface area contributed by atoms with E-state index in [-0.39, 0.29) is 0 Å². The quantitative estimate of drug-likeness (QED) is 0.409. The maximum atomic E-state index is 11.5. The normalized spacial score (nSPS) is 11.4. The van der Waals surface area contributed by atoms with Gasteiger partial charge in [-0.3, -0.25) is 4.84 Å². The Balaban J connectivity index is 3.29. The van der Waals surface area contributed by atoms with E-state index in [0.29, 0.717) is 6.54 Å². The van der Waals surface area contributed by atoms with Crippen LogP contribution in [-0.4, -0.2) is 19.3 Å². The number of allylic oxidation sites excluding steroid dienone is 1. The third kappa shape index (κ3) is 9.45. The lowest BCUT2D eigenvalue weighted by atomic mass is 10.3. The van der Waals surface area contributed by atoms with E-state index < -0.39 is 12.8 Å². The van der Waals surface area contributed by atoms with Gasteiger partial charge >= 0.3 is 6.18 Å². The molecule has 12 heavy (non-hydrogen) atoms. The average Bonchev–Trinajstić information content (AvgIpc) is 1.83. The van der Waals surface area contributed by atoms with Gasteiger partial charge in [0.2, 0.25) is 0 Å². The van der Waals surface area contributed by atoms with Crippen molar-refractivity contribution in [3.8, 4) is 0 Å². The minimum atomic E-state index is -4.27. The van der Waals surface area contributed by atoms with E-state index in [1.807, 2.05) is 13.8 Å². The monoisotopic (exact) mass is 183 g/mol. The van der Waals surface area contributed by atoms with Crippen molar-refractivity contribution in [1.29, 1.82) is 0 Å². The molecule has 5 heteroatoms. The zero-order valence-corrected chi connectivity index (χ0v) is 7.03. The summed E-state index contributed by atoms with van der Waals surface area (Å²) in [4.78, 5) is 4.13. The Hall–Kier alpha value is -0.550. The predicted molar refractivity (Wildman–Crippen MR) is 39.4 cm³/mol. The highest BCUT2D eigenvalue weighted by Gasteiger charge is 2.27. The van der Waals surface area contributed by atoms with Crippen molar-refractivity contribution >= 4 is 0 Å². The second kappa shape index (κ2) is 5.16. The fraction of sp³-hybridized carbons (Fsp3) is 0.714. The molecule has 2 nitrogen and oxygen atoms in total. The van der Waals surface area contributed by atoms with Gasteiger partial charge in [-0.25, -0.2) is 0 Å². The van der Waals surface area contributed by atoms with Crippen molar-refractivity contribution in [3.05, 3.63) is 11.6 Å². The summed E-state index contributed by atoms with van der Waals surface area (Å²) in [7, 11) is 0. The van der Waals surface area contributed by atoms with E-state index in [2.05, 4.69) is 10.3 Å². The fourth-order valence-corrected chi connectivity index (χ4v) is 0.438. The highest BCUT2D eigenvalue weighted by atomic mass is 19.4. The molecular formula is C7H12F3NO. The number of hydrogen-bond donors (Lipinski definition) is 1. The number of hydrogen-bond acceptors (Lipinski definition) is 2. The van der Waals surface area contributed by atoms with Gasteiger partial charge in [-0.05, 0) is 13.8 Å². The molecule has 0 fully saturated rings. The molecular weight excluding hydrogens is 171 g/mol. The van der Waals surface area contributed by atoms with Crippen LogP contribution in [0.1, 0.15) is 13.8 Å². The van der Waals surface area contributed by atoms with E-state index in [1.54, 1.807) is 6.08 Å². The molecule has 0 saturated carbocycles. The summed E-state index contributed by atoms with van der Waals surface area (Å²) in [6.07, 6.45) is -2.53. The lowest BCUT2D eigenvalue weighted by Crippen LogP contribution is -2.24. The van der Waals surface area contributed by atoms with Gasteiger partial charge < -0.3 is 0 Å². The summed E-state index contributed by atoms with van der Waals surface area (Å²) in [6.45, 7) is 2.74. The number of halogens is 3. The van der Waals surface area contributed by atoms with Crippen molar-refractivity contribution in [2.45, 2.75) is 20.0 Å². The lowest BCUT2D eigenvalue weighted by molar-refractivity contribution is -0.188. The Morgan fingerprint density at radius 2 is 2.00 bits per heavy atom. The van der Waals surface area contributed by atoms with Gasteiger partial charge in [0, 0.05) is 6.54 Å². The molecule has 0 aliphatic carbocycles. The van der Waals surface area contributed by atoms with Gasteiger partial charge in [0.05, 0.1) is 0 Å². The second-order valence-electron chi connectivity index (χ2n) is 2.53. The SMILES string of the molecule is CC(C)=CCNOCC(F)(F)F. The molecule has 0 atom stereocenters. The van der Waals surface area contributed by atoms with Crippen LogP contribution in [0.15, 0.2) is 11.6 Å². The first-order chi connectivity index (χ1) is 5.42. The van der Waals surface area contributed by atoms with E-state index in [4.69, 9.17) is 0 Å². The minimum absolute atomic E-state index is 0.290. The highest BCUT2D eigenvalue weighted by molar-refractivity contribution is 4.93. The largest absolute Gasteiger partial charge is 0.413 e. The maximum absolute atomic E-state index is 11.5. The topological polar surface area (TPSA) is 21.3 Å². The molecule has 0 heterocycles. The first kappa shape index (κ1) is 11.4. The summed E-state index contributed by atoms with van der Waals surface area (Å²) in [6, 6.07) is 0. The maximum Gasteiger partial charge on any atom is 0.413 e. The molecule has 0 rings (SSSR count). The number of alkyl halides is 3. The molecule has 1 N–H and O–H groups in total. The first-order valence-electron chi connectivity index (χ1n) is 3.46. The smallest absolute Gasteiger partial charge is 0.292 e. The lowest BCUT2D eigenvalue weighted by Gasteiger charge is -2.06. The fourth-order valence-electron chi connectivity index (χ4n) is 0.438. The zero-order valence-electron chi connectivity index (χ0n) is 7.03. The Labute approximate surface area is 69.4 Å². The summed E-state index contributed by atoms with van der Waals surface area (Å²) in [5.41, 5.74) is 3.20. The van der Waals surface area contributed by atoms with Crippen LogP contribution in [0.25, 0.3) is 0 Å². The van der Waals surface area contributed by atoms with E-state index in [9.17, 15) is 13.2 Å². The summed E-state index contributed by atoms with van der Waals surface area (Å²) >= 11 is 0. The van der Waals surface area contributed by atoms with Crippen molar-refractivity contribution in [1.82, 2.24) is 5.48 Å². The predicted octanol–water partition coefficient (Wildman–Crippen LogP) is 2.04. The van der Waals surface area contributed by atoms with Crippen LogP contribution in [0, 0.1) is 0 Å². The van der Waals surface area contributed by atoms with Gasteiger partial charge in [0.25, 0.3) is 0 Å². The number of rotatable bonds is 4. The molecule has 0 radical (unpaired) electrons. The van der Waals surface area contributed by atoms with Crippen molar-refractivity contribution in [2.75, 3.05) is 13.2 Å². The van der Waals surface area contributed by atoms with Crippen molar-refractivity contribution < 1.29 is 18.0 Å². The van der Waals surface area contributed by atoms with Crippen LogP contribution in [0.5, 0.6) is 0 Å². The molecule has 0 amide bonds. The zero-order chi connectivity index (χ0) is 9.61. The molecule has 0 aromatic rings. The van der Waals surface area contributed by atoms with Gasteiger partial charge in [0.1, 0.15) is 0 Å². The Morgan fingerprint density at radius 1 is 1.42 bits per heavy atom. The summed E-state index contributed by atoms with van der Waals surface area (Å²) in [5, 5.41) is 0. The Bertz CT molecular complexity index is 149. The van der Waals surface area contributed by atoms with Crippen LogP contribution >= 0.6 is 0 Å². The van der Waals surface area contributed by atoms with Gasteiger partial charge in [-0.1, -0.05) is 11.6 Å². The molecule has 0 aromatic heterocycles. The van der Waals surface area contributed by atoms with E-state index in [1.165, 1.54) is 0 Å². The molecule has 0 aromatic carbocycles. The van der Waals surface area contributed by atoms with Crippen molar-refractivity contribution in [2.24, 2.45) is 0 Å². The molecule has 0 aliphatic heterocycles. The number of nitrogens with one attached hydrogen (secondary N) is 1. The van der Waals surface area contributed by atoms with Crippen LogP contribution in [0.2, 0.25) is 0 Å². The van der Waals surface area contributed by atoms with Gasteiger partial charge in [-0.15, -0.1) is 0 Å². The van der Waals surface area contributed by atoms with E-state index in [0.717, 1.165) is 5.57 Å². The highest BCUT2D eigenvalue weighted by Crippen LogP contribution is 2.13. The Kier molecular flexibility index (Phi) is 4.92. The molecule has 0 unspecified atom stereocenters. The summed E-state index contributed by atoms with van der Waals surface area (Å²) in [5.74, 6) is 0. The van der Waals surface area contributed by atoms with E-state index >= 15 is 0 Å². The molecule has 0 spiro atoms. The second-order valence-corrected chi connectivity index (χ2v) is 2.53. The first-order valence-corrected chi connectivity index (χ1v) is 3.46.